The Kier molecular flexibility index (Phi) is 22.1. The summed E-state index contributed by atoms with van der Waals surface area (Å²) in [5.74, 6) is 0.675. The second kappa shape index (κ2) is 18.1. The third kappa shape index (κ3) is 17.2. The molecule has 0 saturated heterocycles. The number of ketones is 1. The van der Waals surface area contributed by atoms with Gasteiger partial charge in [0.1, 0.15) is 5.78 Å². The monoisotopic (exact) mass is 254 g/mol. The molecule has 1 unspecified atom stereocenters. The molecule has 0 aliphatic rings. The van der Waals surface area contributed by atoms with Crippen molar-refractivity contribution < 1.29 is 4.79 Å². The molecule has 0 heterocycles. The number of hydrogen-bond acceptors (Lipinski definition) is 3. The fourth-order valence-corrected chi connectivity index (χ4v) is 1.22. The second-order valence-corrected chi connectivity index (χ2v) is 3.73. The molecule has 2 N–H and O–H groups in total. The van der Waals surface area contributed by atoms with Gasteiger partial charge in [-0.2, -0.15) is 0 Å². The van der Waals surface area contributed by atoms with Crippen LogP contribution < -0.4 is 0 Å². The van der Waals surface area contributed by atoms with Gasteiger partial charge in [0.05, 0.1) is 0 Å². The zero-order valence-electron chi connectivity index (χ0n) is 12.8. The van der Waals surface area contributed by atoms with E-state index in [0.29, 0.717) is 11.7 Å². The minimum atomic E-state index is 0.329. The summed E-state index contributed by atoms with van der Waals surface area (Å²) in [6.07, 6.45) is 7.13. The summed E-state index contributed by atoms with van der Waals surface area (Å²) < 4.78 is 0. The van der Waals surface area contributed by atoms with Crippen LogP contribution in [0.15, 0.2) is 11.6 Å². The fourth-order valence-electron chi connectivity index (χ4n) is 1.22. The minimum Gasteiger partial charge on any atom is -0.309 e. The first-order chi connectivity index (χ1) is 8.53. The first kappa shape index (κ1) is 22.0. The van der Waals surface area contributed by atoms with Crippen molar-refractivity contribution in [3.8, 4) is 0 Å². The molecule has 0 aromatic carbocycles. The standard InChI is InChI=1S/C8H16O.C5H8N2.C2H6/c1-4-6-8(5-2)7(3)9;1-5(4-7)2-3-6;1-2/h8H,4-6H2,1-3H3;2-4,6-7H,1H3;1-2H3/b;5-2-,6-3?,7-4?;. The van der Waals surface area contributed by atoms with Gasteiger partial charge in [-0.25, -0.2) is 0 Å². The lowest BCUT2D eigenvalue weighted by Crippen LogP contribution is -2.08. The Morgan fingerprint density at radius 3 is 1.78 bits per heavy atom. The predicted octanol–water partition coefficient (Wildman–Crippen LogP) is 4.66. The van der Waals surface area contributed by atoms with Gasteiger partial charge in [-0.15, -0.1) is 0 Å². The molecule has 0 spiro atoms. The lowest BCUT2D eigenvalue weighted by Gasteiger charge is -2.07. The Hall–Kier alpha value is -1.25. The number of hydrogen-bond donors (Lipinski definition) is 2. The first-order valence-corrected chi connectivity index (χ1v) is 6.71. The molecule has 0 aromatic heterocycles. The van der Waals surface area contributed by atoms with Crippen LogP contribution in [0.3, 0.4) is 0 Å². The molecule has 0 saturated carbocycles. The van der Waals surface area contributed by atoms with E-state index in [1.807, 2.05) is 13.8 Å². The largest absolute Gasteiger partial charge is 0.309 e. The van der Waals surface area contributed by atoms with E-state index in [-0.39, 0.29) is 0 Å². The summed E-state index contributed by atoms with van der Waals surface area (Å²) in [6, 6.07) is 0. The van der Waals surface area contributed by atoms with Crippen LogP contribution in [0, 0.1) is 16.7 Å². The van der Waals surface area contributed by atoms with Crippen molar-refractivity contribution in [1.82, 2.24) is 0 Å². The molecule has 0 fully saturated rings. The van der Waals surface area contributed by atoms with Crippen molar-refractivity contribution in [3.05, 3.63) is 11.6 Å². The number of nitrogens with one attached hydrogen (secondary N) is 2. The number of allylic oxidation sites excluding steroid dienone is 2. The molecular weight excluding hydrogens is 224 g/mol. The molecule has 0 aliphatic carbocycles. The first-order valence-electron chi connectivity index (χ1n) is 6.71. The maximum Gasteiger partial charge on any atom is 0.132 e. The maximum absolute atomic E-state index is 10.8. The summed E-state index contributed by atoms with van der Waals surface area (Å²) >= 11 is 0. The smallest absolute Gasteiger partial charge is 0.132 e. The molecule has 18 heavy (non-hydrogen) atoms. The number of carbonyl (C=O) groups excluding carboxylic acids is 1. The van der Waals surface area contributed by atoms with E-state index in [1.165, 1.54) is 12.4 Å². The summed E-state index contributed by atoms with van der Waals surface area (Å²) in [5.41, 5.74) is 0.801. The van der Waals surface area contributed by atoms with Gasteiger partial charge in [-0.05, 0) is 38.3 Å². The van der Waals surface area contributed by atoms with Gasteiger partial charge in [-0.1, -0.05) is 34.1 Å². The average Bonchev–Trinajstić information content (AvgIpc) is 2.38. The average molecular weight is 254 g/mol. The van der Waals surface area contributed by atoms with Crippen LogP contribution in [0.2, 0.25) is 0 Å². The molecule has 106 valence electrons. The van der Waals surface area contributed by atoms with E-state index in [2.05, 4.69) is 13.8 Å². The molecule has 0 radical (unpaired) electrons. The lowest BCUT2D eigenvalue weighted by molar-refractivity contribution is -0.121. The molecule has 0 amide bonds. The molecule has 1 atom stereocenters. The van der Waals surface area contributed by atoms with Crippen molar-refractivity contribution >= 4 is 18.2 Å². The van der Waals surface area contributed by atoms with E-state index in [0.717, 1.165) is 24.8 Å². The van der Waals surface area contributed by atoms with Gasteiger partial charge >= 0.3 is 0 Å². The highest BCUT2D eigenvalue weighted by Crippen LogP contribution is 2.10. The molecule has 0 aromatic rings. The zero-order chi connectivity index (χ0) is 15.0. The minimum absolute atomic E-state index is 0.329. The van der Waals surface area contributed by atoms with E-state index >= 15 is 0 Å². The molecular formula is C15H30N2O. The van der Waals surface area contributed by atoms with Gasteiger partial charge in [0.25, 0.3) is 0 Å². The Morgan fingerprint density at radius 1 is 1.17 bits per heavy atom. The van der Waals surface area contributed by atoms with Crippen LogP contribution in [-0.2, 0) is 4.79 Å². The van der Waals surface area contributed by atoms with Crippen molar-refractivity contribution in [2.75, 3.05) is 0 Å². The maximum atomic E-state index is 10.8. The number of carbonyl (C=O) groups is 1. The molecule has 0 aliphatic heterocycles. The van der Waals surface area contributed by atoms with Crippen LogP contribution in [0.5, 0.6) is 0 Å². The fraction of sp³-hybridized carbons (Fsp3) is 0.667. The molecule has 0 rings (SSSR count). The summed E-state index contributed by atoms with van der Waals surface area (Å²) in [7, 11) is 0. The third-order valence-corrected chi connectivity index (χ3v) is 2.28. The van der Waals surface area contributed by atoms with Crippen LogP contribution in [-0.4, -0.2) is 18.2 Å². The van der Waals surface area contributed by atoms with Crippen molar-refractivity contribution in [1.29, 1.82) is 10.8 Å². The Bertz CT molecular complexity index is 245. The van der Waals surface area contributed by atoms with E-state index < -0.39 is 0 Å². The van der Waals surface area contributed by atoms with Crippen molar-refractivity contribution in [2.45, 2.75) is 60.8 Å². The summed E-state index contributed by atoms with van der Waals surface area (Å²) in [6.45, 7) is 11.6. The summed E-state index contributed by atoms with van der Waals surface area (Å²) in [4.78, 5) is 10.8. The topological polar surface area (TPSA) is 64.8 Å². The highest BCUT2D eigenvalue weighted by atomic mass is 16.1. The van der Waals surface area contributed by atoms with E-state index in [4.69, 9.17) is 10.8 Å². The molecule has 3 heteroatoms. The second-order valence-electron chi connectivity index (χ2n) is 3.73. The Balaban J connectivity index is -0.000000225. The van der Waals surface area contributed by atoms with Gasteiger partial charge in [0, 0.05) is 18.3 Å². The van der Waals surface area contributed by atoms with E-state index in [9.17, 15) is 4.79 Å². The van der Waals surface area contributed by atoms with Gasteiger partial charge < -0.3 is 10.8 Å². The quantitative estimate of drug-likeness (QED) is 0.665. The normalized spacial score (nSPS) is 11.1. The zero-order valence-corrected chi connectivity index (χ0v) is 12.8. The van der Waals surface area contributed by atoms with E-state index in [1.54, 1.807) is 19.9 Å². The van der Waals surface area contributed by atoms with Crippen LogP contribution in [0.4, 0.5) is 0 Å². The van der Waals surface area contributed by atoms with Gasteiger partial charge in [0.2, 0.25) is 0 Å². The summed E-state index contributed by atoms with van der Waals surface area (Å²) in [5, 5.41) is 13.1. The van der Waals surface area contributed by atoms with Crippen LogP contribution in [0.25, 0.3) is 0 Å². The highest BCUT2D eigenvalue weighted by Gasteiger charge is 2.08. The predicted molar refractivity (Wildman–Crippen MR) is 82.0 cm³/mol. The molecule has 0 bridgehead atoms. The SMILES string of the molecule is C/C(C=N)=C/C=N.CC.CCCC(CC)C(C)=O. The third-order valence-electron chi connectivity index (χ3n) is 2.28. The van der Waals surface area contributed by atoms with Crippen LogP contribution >= 0.6 is 0 Å². The Labute approximate surface area is 113 Å². The Morgan fingerprint density at radius 2 is 1.67 bits per heavy atom. The van der Waals surface area contributed by atoms with Gasteiger partial charge in [0.15, 0.2) is 0 Å². The number of Topliss-reactive ketones (excluding diaryl/α,β-unsaturated/α-hetero) is 1. The van der Waals surface area contributed by atoms with Gasteiger partial charge in [-0.3, -0.25) is 4.79 Å². The molecule has 3 nitrogen and oxygen atoms in total. The number of rotatable bonds is 6. The van der Waals surface area contributed by atoms with Crippen LogP contribution in [0.1, 0.15) is 60.8 Å². The van der Waals surface area contributed by atoms with Crippen molar-refractivity contribution in [2.24, 2.45) is 5.92 Å². The highest BCUT2D eigenvalue weighted by molar-refractivity contribution is 5.83. The lowest BCUT2D eigenvalue weighted by atomic mass is 9.97. The van der Waals surface area contributed by atoms with Crippen molar-refractivity contribution in [3.63, 3.8) is 0 Å².